The van der Waals surface area contributed by atoms with Crippen LogP contribution in [0.1, 0.15) is 26.7 Å². The summed E-state index contributed by atoms with van der Waals surface area (Å²) in [6.07, 6.45) is 2.67. The summed E-state index contributed by atoms with van der Waals surface area (Å²) in [5, 5.41) is 3.61. The second-order valence-corrected chi connectivity index (χ2v) is 4.27. The molecule has 0 bridgehead atoms. The molecule has 0 unspecified atom stereocenters. The van der Waals surface area contributed by atoms with Crippen LogP contribution < -0.4 is 5.32 Å². The smallest absolute Gasteiger partial charge is 0.0217 e. The number of rotatable bonds is 1. The first kappa shape index (κ1) is 10.0. The van der Waals surface area contributed by atoms with E-state index in [0.29, 0.717) is 6.04 Å². The van der Waals surface area contributed by atoms with E-state index in [2.05, 4.69) is 31.1 Å². The van der Waals surface area contributed by atoms with Crippen molar-refractivity contribution in [3.05, 3.63) is 0 Å². The molecular weight excluding hydrogens is 148 g/mol. The maximum absolute atomic E-state index is 3.61. The Labute approximate surface area is 76.3 Å². The first-order chi connectivity index (χ1) is 5.70. The lowest BCUT2D eigenvalue weighted by Gasteiger charge is -2.30. The van der Waals surface area contributed by atoms with Crippen LogP contribution in [0.2, 0.25) is 0 Å². The van der Waals surface area contributed by atoms with E-state index in [1.54, 1.807) is 0 Å². The summed E-state index contributed by atoms with van der Waals surface area (Å²) < 4.78 is 0. The van der Waals surface area contributed by atoms with E-state index < -0.39 is 0 Å². The molecule has 1 N–H and O–H groups in total. The van der Waals surface area contributed by atoms with Gasteiger partial charge in [-0.1, -0.05) is 13.8 Å². The molecule has 1 aliphatic heterocycles. The zero-order valence-electron chi connectivity index (χ0n) is 8.64. The minimum absolute atomic E-state index is 0.690. The van der Waals surface area contributed by atoms with Crippen LogP contribution in [0.15, 0.2) is 0 Å². The minimum atomic E-state index is 0.690. The molecule has 1 fully saturated rings. The van der Waals surface area contributed by atoms with Gasteiger partial charge in [0, 0.05) is 12.6 Å². The Balaban J connectivity index is 2.38. The highest BCUT2D eigenvalue weighted by Gasteiger charge is 2.16. The van der Waals surface area contributed by atoms with Gasteiger partial charge in [-0.05, 0) is 38.9 Å². The van der Waals surface area contributed by atoms with Gasteiger partial charge < -0.3 is 10.2 Å². The van der Waals surface area contributed by atoms with Crippen molar-refractivity contribution in [3.8, 4) is 0 Å². The second kappa shape index (κ2) is 4.83. The van der Waals surface area contributed by atoms with Gasteiger partial charge in [0.25, 0.3) is 0 Å². The van der Waals surface area contributed by atoms with E-state index in [9.17, 15) is 0 Å². The lowest BCUT2D eigenvalue weighted by atomic mass is 10.0. The van der Waals surface area contributed by atoms with Gasteiger partial charge in [-0.2, -0.15) is 0 Å². The maximum Gasteiger partial charge on any atom is 0.0217 e. The monoisotopic (exact) mass is 170 g/mol. The van der Waals surface area contributed by atoms with Crippen LogP contribution in [0.3, 0.4) is 0 Å². The Morgan fingerprint density at radius 2 is 2.08 bits per heavy atom. The lowest BCUT2D eigenvalue weighted by Crippen LogP contribution is -2.45. The van der Waals surface area contributed by atoms with Crippen molar-refractivity contribution in [1.82, 2.24) is 10.2 Å². The van der Waals surface area contributed by atoms with Crippen LogP contribution in [0.5, 0.6) is 0 Å². The van der Waals surface area contributed by atoms with E-state index >= 15 is 0 Å². The third-order valence-corrected chi connectivity index (χ3v) is 2.69. The standard InChI is InChI=1S/C10H22N2/c1-9(2)10-8-12(3)7-5-4-6-11-10/h9-11H,4-8H2,1-3H3/t10-/m0/s1. The van der Waals surface area contributed by atoms with Crippen molar-refractivity contribution in [3.63, 3.8) is 0 Å². The van der Waals surface area contributed by atoms with E-state index in [1.807, 2.05) is 0 Å². The molecule has 0 aromatic rings. The Kier molecular flexibility index (Phi) is 4.02. The van der Waals surface area contributed by atoms with Gasteiger partial charge in [0.2, 0.25) is 0 Å². The summed E-state index contributed by atoms with van der Waals surface area (Å²) in [5.41, 5.74) is 0. The van der Waals surface area contributed by atoms with E-state index in [0.717, 1.165) is 5.92 Å². The van der Waals surface area contributed by atoms with Gasteiger partial charge in [-0.15, -0.1) is 0 Å². The molecule has 2 nitrogen and oxygen atoms in total. The summed E-state index contributed by atoms with van der Waals surface area (Å²) in [7, 11) is 2.22. The van der Waals surface area contributed by atoms with E-state index in [-0.39, 0.29) is 0 Å². The number of hydrogen-bond acceptors (Lipinski definition) is 2. The van der Waals surface area contributed by atoms with Crippen LogP contribution >= 0.6 is 0 Å². The summed E-state index contributed by atoms with van der Waals surface area (Å²) in [6, 6.07) is 0.690. The maximum atomic E-state index is 3.61. The molecule has 1 heterocycles. The summed E-state index contributed by atoms with van der Waals surface area (Å²) in [5.74, 6) is 0.755. The Hall–Kier alpha value is -0.0800. The minimum Gasteiger partial charge on any atom is -0.312 e. The highest BCUT2D eigenvalue weighted by molar-refractivity contribution is 4.75. The van der Waals surface area contributed by atoms with E-state index in [1.165, 1.54) is 32.5 Å². The predicted molar refractivity (Wildman–Crippen MR) is 53.4 cm³/mol. The normalized spacial score (nSPS) is 28.5. The number of hydrogen-bond donors (Lipinski definition) is 1. The molecule has 12 heavy (non-hydrogen) atoms. The van der Waals surface area contributed by atoms with Gasteiger partial charge in [0.15, 0.2) is 0 Å². The number of nitrogens with zero attached hydrogens (tertiary/aromatic N) is 1. The molecule has 1 atom stereocenters. The van der Waals surface area contributed by atoms with Crippen molar-refractivity contribution < 1.29 is 0 Å². The van der Waals surface area contributed by atoms with Crippen LogP contribution in [0.4, 0.5) is 0 Å². The van der Waals surface area contributed by atoms with E-state index in [4.69, 9.17) is 0 Å². The van der Waals surface area contributed by atoms with Crippen LogP contribution in [0.25, 0.3) is 0 Å². The average molecular weight is 170 g/mol. The highest BCUT2D eigenvalue weighted by atomic mass is 15.1. The van der Waals surface area contributed by atoms with Crippen LogP contribution in [0, 0.1) is 5.92 Å². The van der Waals surface area contributed by atoms with Gasteiger partial charge >= 0.3 is 0 Å². The molecular formula is C10H22N2. The largest absolute Gasteiger partial charge is 0.312 e. The van der Waals surface area contributed by atoms with Crippen LogP contribution in [-0.2, 0) is 0 Å². The first-order valence-corrected chi connectivity index (χ1v) is 5.12. The molecule has 2 heteroatoms. The zero-order chi connectivity index (χ0) is 8.97. The third kappa shape index (κ3) is 3.11. The molecule has 72 valence electrons. The summed E-state index contributed by atoms with van der Waals surface area (Å²) in [6.45, 7) is 8.28. The van der Waals surface area contributed by atoms with Gasteiger partial charge in [-0.25, -0.2) is 0 Å². The van der Waals surface area contributed by atoms with Gasteiger partial charge in [0.1, 0.15) is 0 Å². The van der Waals surface area contributed by atoms with Crippen molar-refractivity contribution in [2.45, 2.75) is 32.7 Å². The fraction of sp³-hybridized carbons (Fsp3) is 1.00. The molecule has 0 amide bonds. The second-order valence-electron chi connectivity index (χ2n) is 4.27. The number of likely N-dealkylation sites (N-methyl/N-ethyl adjacent to an activating group) is 1. The molecule has 0 saturated carbocycles. The molecule has 1 rings (SSSR count). The highest BCUT2D eigenvalue weighted by Crippen LogP contribution is 2.06. The summed E-state index contributed by atoms with van der Waals surface area (Å²) >= 11 is 0. The molecule has 1 saturated heterocycles. The molecule has 0 aromatic carbocycles. The van der Waals surface area contributed by atoms with Crippen LogP contribution in [-0.4, -0.2) is 37.6 Å². The van der Waals surface area contributed by atoms with Crippen molar-refractivity contribution in [2.75, 3.05) is 26.7 Å². The fourth-order valence-electron chi connectivity index (χ4n) is 1.73. The predicted octanol–water partition coefficient (Wildman–Crippen LogP) is 1.33. The Morgan fingerprint density at radius 1 is 1.33 bits per heavy atom. The zero-order valence-corrected chi connectivity index (χ0v) is 8.64. The van der Waals surface area contributed by atoms with Crippen molar-refractivity contribution >= 4 is 0 Å². The fourth-order valence-corrected chi connectivity index (χ4v) is 1.73. The summed E-state index contributed by atoms with van der Waals surface area (Å²) in [4.78, 5) is 2.44. The van der Waals surface area contributed by atoms with Gasteiger partial charge in [0.05, 0.1) is 0 Å². The van der Waals surface area contributed by atoms with Crippen molar-refractivity contribution in [1.29, 1.82) is 0 Å². The Morgan fingerprint density at radius 3 is 2.75 bits per heavy atom. The first-order valence-electron chi connectivity index (χ1n) is 5.12. The quantitative estimate of drug-likeness (QED) is 0.638. The number of nitrogens with one attached hydrogen (secondary N) is 1. The average Bonchev–Trinajstić information content (AvgIpc) is 1.95. The third-order valence-electron chi connectivity index (χ3n) is 2.69. The molecule has 0 aromatic heterocycles. The molecule has 0 aliphatic carbocycles. The SMILES string of the molecule is CC(C)[C@@H]1CN(C)CCCCN1. The van der Waals surface area contributed by atoms with Gasteiger partial charge in [-0.3, -0.25) is 0 Å². The van der Waals surface area contributed by atoms with Crippen molar-refractivity contribution in [2.24, 2.45) is 5.92 Å². The lowest BCUT2D eigenvalue weighted by molar-refractivity contribution is 0.232. The Bertz CT molecular complexity index is 123. The molecule has 1 aliphatic rings. The molecule has 0 spiro atoms. The molecule has 0 radical (unpaired) electrons. The topological polar surface area (TPSA) is 15.3 Å².